The Kier molecular flexibility index (Phi) is 4.52. The molecule has 1 aromatic heterocycles. The maximum atomic E-state index is 12.1. The van der Waals surface area contributed by atoms with Crippen molar-refractivity contribution in [2.24, 2.45) is 7.05 Å². The number of hydrogen-bond donors (Lipinski definition) is 1. The van der Waals surface area contributed by atoms with E-state index in [9.17, 15) is 13.2 Å². The van der Waals surface area contributed by atoms with Crippen LogP contribution in [-0.2, 0) is 20.1 Å². The fraction of sp³-hybridized carbons (Fsp3) is 0.357. The van der Waals surface area contributed by atoms with Crippen LogP contribution >= 0.6 is 0 Å². The number of halogens is 3. The van der Waals surface area contributed by atoms with Crippen molar-refractivity contribution in [1.29, 1.82) is 0 Å². The zero-order chi connectivity index (χ0) is 15.5. The van der Waals surface area contributed by atoms with E-state index in [2.05, 4.69) is 15.2 Å². The summed E-state index contributed by atoms with van der Waals surface area (Å²) in [7, 11) is 1.86. The Morgan fingerprint density at radius 3 is 2.67 bits per heavy atom. The lowest BCUT2D eigenvalue weighted by atomic mass is 10.2. The van der Waals surface area contributed by atoms with E-state index in [0.29, 0.717) is 13.1 Å². The fourth-order valence-electron chi connectivity index (χ4n) is 1.91. The molecule has 0 saturated carbocycles. The van der Waals surface area contributed by atoms with Gasteiger partial charge in [0.15, 0.2) is 0 Å². The lowest BCUT2D eigenvalue weighted by molar-refractivity contribution is -0.274. The minimum absolute atomic E-state index is 0.209. The van der Waals surface area contributed by atoms with Gasteiger partial charge >= 0.3 is 6.36 Å². The van der Waals surface area contributed by atoms with Crippen molar-refractivity contribution in [3.8, 4) is 5.75 Å². The summed E-state index contributed by atoms with van der Waals surface area (Å²) >= 11 is 0. The van der Waals surface area contributed by atoms with E-state index < -0.39 is 6.36 Å². The van der Waals surface area contributed by atoms with Gasteiger partial charge in [-0.15, -0.1) is 13.2 Å². The van der Waals surface area contributed by atoms with Crippen LogP contribution in [0, 0.1) is 6.92 Å². The summed E-state index contributed by atoms with van der Waals surface area (Å²) in [6.45, 7) is 3.01. The predicted molar refractivity (Wildman–Crippen MR) is 71.6 cm³/mol. The van der Waals surface area contributed by atoms with E-state index in [0.717, 1.165) is 16.8 Å². The quantitative estimate of drug-likeness (QED) is 0.922. The Balaban J connectivity index is 1.91. The van der Waals surface area contributed by atoms with Gasteiger partial charge in [-0.2, -0.15) is 5.10 Å². The van der Waals surface area contributed by atoms with E-state index in [4.69, 9.17) is 0 Å². The van der Waals surface area contributed by atoms with Gasteiger partial charge in [-0.1, -0.05) is 12.1 Å². The second kappa shape index (κ2) is 6.17. The third kappa shape index (κ3) is 4.49. The second-order valence-corrected chi connectivity index (χ2v) is 4.68. The van der Waals surface area contributed by atoms with Crippen molar-refractivity contribution in [2.75, 3.05) is 0 Å². The van der Waals surface area contributed by atoms with Gasteiger partial charge in [-0.25, -0.2) is 0 Å². The summed E-state index contributed by atoms with van der Waals surface area (Å²) in [6, 6.07) is 5.93. The van der Waals surface area contributed by atoms with Crippen molar-refractivity contribution in [3.05, 3.63) is 47.3 Å². The van der Waals surface area contributed by atoms with Crippen LogP contribution in [-0.4, -0.2) is 16.1 Å². The molecule has 4 nitrogen and oxygen atoms in total. The monoisotopic (exact) mass is 299 g/mol. The van der Waals surface area contributed by atoms with Gasteiger partial charge in [-0.3, -0.25) is 4.68 Å². The molecule has 2 aromatic rings. The molecule has 1 aromatic carbocycles. The van der Waals surface area contributed by atoms with Crippen LogP contribution < -0.4 is 10.1 Å². The SMILES string of the molecule is Cc1c(CNCc2cccc(OC(F)(F)F)c2)cnn1C. The number of aromatic nitrogens is 2. The smallest absolute Gasteiger partial charge is 0.406 e. The second-order valence-electron chi connectivity index (χ2n) is 4.68. The lowest BCUT2D eigenvalue weighted by Gasteiger charge is -2.10. The highest BCUT2D eigenvalue weighted by atomic mass is 19.4. The van der Waals surface area contributed by atoms with Crippen LogP contribution in [0.5, 0.6) is 5.75 Å². The molecule has 2 rings (SSSR count). The van der Waals surface area contributed by atoms with Crippen LogP contribution in [0.15, 0.2) is 30.5 Å². The standard InChI is InChI=1S/C14H16F3N3O/c1-10-12(9-19-20(10)2)8-18-7-11-4-3-5-13(6-11)21-14(15,16)17/h3-6,9,18H,7-8H2,1-2H3. The van der Waals surface area contributed by atoms with Gasteiger partial charge in [0, 0.05) is 31.4 Å². The first-order chi connectivity index (χ1) is 9.85. The molecule has 0 spiro atoms. The summed E-state index contributed by atoms with van der Waals surface area (Å²) in [6.07, 6.45) is -2.90. The van der Waals surface area contributed by atoms with E-state index in [1.807, 2.05) is 14.0 Å². The van der Waals surface area contributed by atoms with Crippen LogP contribution in [0.1, 0.15) is 16.8 Å². The molecule has 0 aliphatic rings. The minimum atomic E-state index is -4.67. The predicted octanol–water partition coefficient (Wildman–Crippen LogP) is 2.92. The molecule has 114 valence electrons. The van der Waals surface area contributed by atoms with Gasteiger partial charge in [0.05, 0.1) is 6.20 Å². The minimum Gasteiger partial charge on any atom is -0.406 e. The molecule has 0 radical (unpaired) electrons. The molecular weight excluding hydrogens is 283 g/mol. The molecular formula is C14H16F3N3O. The van der Waals surface area contributed by atoms with Crippen LogP contribution in [0.2, 0.25) is 0 Å². The molecule has 0 atom stereocenters. The Bertz CT molecular complexity index is 608. The number of rotatable bonds is 5. The van der Waals surface area contributed by atoms with Gasteiger partial charge in [0.1, 0.15) is 5.75 Å². The highest BCUT2D eigenvalue weighted by Gasteiger charge is 2.31. The highest BCUT2D eigenvalue weighted by molar-refractivity contribution is 5.28. The molecule has 1 heterocycles. The highest BCUT2D eigenvalue weighted by Crippen LogP contribution is 2.23. The molecule has 0 bridgehead atoms. The van der Waals surface area contributed by atoms with Crippen molar-refractivity contribution >= 4 is 0 Å². The third-order valence-corrected chi connectivity index (χ3v) is 3.11. The molecule has 0 aliphatic heterocycles. The van der Waals surface area contributed by atoms with Crippen LogP contribution in [0.25, 0.3) is 0 Å². The van der Waals surface area contributed by atoms with Crippen LogP contribution in [0.3, 0.4) is 0 Å². The van der Waals surface area contributed by atoms with Gasteiger partial charge in [0.25, 0.3) is 0 Å². The number of nitrogens with zero attached hydrogens (tertiary/aromatic N) is 2. The number of alkyl halides is 3. The molecule has 7 heteroatoms. The van der Waals surface area contributed by atoms with Gasteiger partial charge < -0.3 is 10.1 Å². The van der Waals surface area contributed by atoms with Crippen molar-refractivity contribution in [1.82, 2.24) is 15.1 Å². The zero-order valence-electron chi connectivity index (χ0n) is 11.7. The molecule has 0 unspecified atom stereocenters. The zero-order valence-corrected chi connectivity index (χ0v) is 11.7. The number of benzene rings is 1. The maximum Gasteiger partial charge on any atom is 0.573 e. The van der Waals surface area contributed by atoms with E-state index in [-0.39, 0.29) is 5.75 Å². The number of ether oxygens (including phenoxy) is 1. The maximum absolute atomic E-state index is 12.1. The molecule has 0 fully saturated rings. The Morgan fingerprint density at radius 2 is 2.05 bits per heavy atom. The third-order valence-electron chi connectivity index (χ3n) is 3.11. The molecule has 0 amide bonds. The summed E-state index contributed by atoms with van der Waals surface area (Å²) in [4.78, 5) is 0. The fourth-order valence-corrected chi connectivity index (χ4v) is 1.91. The van der Waals surface area contributed by atoms with Gasteiger partial charge in [-0.05, 0) is 24.6 Å². The first kappa shape index (κ1) is 15.4. The number of aryl methyl sites for hydroxylation is 1. The van der Waals surface area contributed by atoms with Crippen molar-refractivity contribution < 1.29 is 17.9 Å². The largest absolute Gasteiger partial charge is 0.573 e. The first-order valence-corrected chi connectivity index (χ1v) is 6.38. The Morgan fingerprint density at radius 1 is 1.29 bits per heavy atom. The Labute approximate surface area is 120 Å². The Hall–Kier alpha value is -2.02. The summed E-state index contributed by atoms with van der Waals surface area (Å²) in [5.74, 6) is -0.209. The van der Waals surface area contributed by atoms with Crippen molar-refractivity contribution in [3.63, 3.8) is 0 Å². The summed E-state index contributed by atoms with van der Waals surface area (Å²) in [5, 5.41) is 7.30. The van der Waals surface area contributed by atoms with Crippen LogP contribution in [0.4, 0.5) is 13.2 Å². The number of nitrogens with one attached hydrogen (secondary N) is 1. The summed E-state index contributed by atoms with van der Waals surface area (Å²) in [5.41, 5.74) is 2.83. The number of hydrogen-bond acceptors (Lipinski definition) is 3. The normalized spacial score (nSPS) is 11.7. The van der Waals surface area contributed by atoms with Crippen molar-refractivity contribution in [2.45, 2.75) is 26.4 Å². The molecule has 21 heavy (non-hydrogen) atoms. The molecule has 0 aliphatic carbocycles. The summed E-state index contributed by atoms with van der Waals surface area (Å²) < 4.78 is 42.1. The van der Waals surface area contributed by atoms with Gasteiger partial charge in [0.2, 0.25) is 0 Å². The average molecular weight is 299 g/mol. The van der Waals surface area contributed by atoms with E-state index in [1.54, 1.807) is 16.9 Å². The molecule has 1 N–H and O–H groups in total. The van der Waals surface area contributed by atoms with E-state index >= 15 is 0 Å². The van der Waals surface area contributed by atoms with E-state index in [1.165, 1.54) is 18.2 Å². The first-order valence-electron chi connectivity index (χ1n) is 6.38. The molecule has 0 saturated heterocycles. The average Bonchev–Trinajstić information content (AvgIpc) is 2.69. The lowest BCUT2D eigenvalue weighted by Crippen LogP contribution is -2.17. The topological polar surface area (TPSA) is 39.1 Å².